The number of ketones is 1. The number of rotatable bonds is 6. The maximum atomic E-state index is 13.6. The predicted octanol–water partition coefficient (Wildman–Crippen LogP) is 5.20. The smallest absolute Gasteiger partial charge is 0.316 e. The van der Waals surface area contributed by atoms with Gasteiger partial charge in [0.25, 0.3) is 5.91 Å². The Morgan fingerprint density at radius 3 is 2.69 bits per heavy atom. The Kier molecular flexibility index (Phi) is 8.13. The number of thioether (sulfide) groups is 1. The largest absolute Gasteiger partial charge is 0.461 e. The predicted molar refractivity (Wildman–Crippen MR) is 161 cm³/mol. The number of nitrogens with two attached hydrogens (primary N) is 1. The minimum atomic E-state index is -0.733. The number of benzene rings is 1. The Morgan fingerprint density at radius 2 is 2.00 bits per heavy atom. The van der Waals surface area contributed by atoms with E-state index in [1.807, 2.05) is 6.92 Å². The van der Waals surface area contributed by atoms with E-state index < -0.39 is 34.9 Å². The molecule has 0 radical (unpaired) electrons. The van der Waals surface area contributed by atoms with Crippen LogP contribution in [-0.2, 0) is 14.3 Å². The van der Waals surface area contributed by atoms with Crippen LogP contribution in [0.25, 0.3) is 0 Å². The lowest BCUT2D eigenvalue weighted by Gasteiger charge is -2.61. The second-order valence-corrected chi connectivity index (χ2v) is 14.2. The highest BCUT2D eigenvalue weighted by atomic mass is 35.5. The molecule has 0 amide bonds. The Morgan fingerprint density at radius 1 is 1.29 bits per heavy atom. The van der Waals surface area contributed by atoms with E-state index in [-0.39, 0.29) is 56.4 Å². The molecule has 3 aliphatic rings. The fourth-order valence-electron chi connectivity index (χ4n) is 8.08. The molecule has 0 unspecified atom stereocenters. The van der Waals surface area contributed by atoms with Crippen molar-refractivity contribution in [1.29, 1.82) is 0 Å². The number of aliphatic hydroxyl groups excluding tert-OH is 1. The fourth-order valence-corrected chi connectivity index (χ4v) is 8.91. The van der Waals surface area contributed by atoms with Crippen molar-refractivity contribution in [2.45, 2.75) is 77.2 Å². The summed E-state index contributed by atoms with van der Waals surface area (Å²) in [5.41, 5.74) is 4.54. The molecule has 0 aliphatic heterocycles. The average Bonchev–Trinajstić information content (AvgIpc) is 3.52. The van der Waals surface area contributed by atoms with E-state index in [1.54, 1.807) is 30.3 Å². The molecule has 3 aliphatic carbocycles. The summed E-state index contributed by atoms with van der Waals surface area (Å²) in [4.78, 5) is 44.0. The lowest BCUT2D eigenvalue weighted by molar-refractivity contribution is -0.205. The van der Waals surface area contributed by atoms with E-state index in [0.717, 1.165) is 35.7 Å². The summed E-state index contributed by atoms with van der Waals surface area (Å²) in [5.74, 6) is -1.35. The summed E-state index contributed by atoms with van der Waals surface area (Å²) in [5, 5.41) is 16.3. The van der Waals surface area contributed by atoms with Gasteiger partial charge in [0.1, 0.15) is 11.9 Å². The molecule has 42 heavy (non-hydrogen) atoms. The molecule has 8 atom stereocenters. The van der Waals surface area contributed by atoms with E-state index in [1.165, 1.54) is 0 Å². The summed E-state index contributed by atoms with van der Waals surface area (Å²) >= 11 is 7.17. The molecule has 1 aromatic carbocycles. The number of aliphatic hydroxyl groups is 1. The number of Topliss-reactive ketones (excluding diaryl/α,β-unsaturated/α-hetero) is 1. The minimum absolute atomic E-state index is 0.101. The molecule has 3 N–H and O–H groups in total. The summed E-state index contributed by atoms with van der Waals surface area (Å²) in [6.45, 7) is 12.3. The van der Waals surface area contributed by atoms with Crippen molar-refractivity contribution in [3.63, 3.8) is 0 Å². The van der Waals surface area contributed by atoms with E-state index in [9.17, 15) is 19.5 Å². The highest BCUT2D eigenvalue weighted by molar-refractivity contribution is 7.99. The number of aromatic nitrogens is 3. The highest BCUT2D eigenvalue weighted by Gasteiger charge is 2.68. The van der Waals surface area contributed by atoms with Crippen LogP contribution in [0.1, 0.15) is 70.2 Å². The van der Waals surface area contributed by atoms with Crippen LogP contribution in [-0.4, -0.2) is 55.5 Å². The Balaban J connectivity index is 1.39. The topological polar surface area (TPSA) is 137 Å². The second-order valence-electron chi connectivity index (χ2n) is 12.8. The van der Waals surface area contributed by atoms with Crippen molar-refractivity contribution in [2.24, 2.45) is 34.0 Å². The number of anilines is 1. The molecule has 5 rings (SSSR count). The van der Waals surface area contributed by atoms with Gasteiger partial charge in [-0.1, -0.05) is 69.3 Å². The summed E-state index contributed by atoms with van der Waals surface area (Å²) in [7, 11) is 0. The van der Waals surface area contributed by atoms with Gasteiger partial charge in [-0.3, -0.25) is 14.4 Å². The zero-order valence-electron chi connectivity index (χ0n) is 24.5. The van der Waals surface area contributed by atoms with E-state index in [2.05, 4.69) is 37.4 Å². The second kappa shape index (κ2) is 11.1. The van der Waals surface area contributed by atoms with Crippen LogP contribution in [0.4, 0.5) is 5.95 Å². The summed E-state index contributed by atoms with van der Waals surface area (Å²) < 4.78 is 7.22. The molecule has 1 aromatic heterocycles. The van der Waals surface area contributed by atoms with E-state index in [0.29, 0.717) is 12.8 Å². The first-order chi connectivity index (χ1) is 19.8. The van der Waals surface area contributed by atoms with Crippen LogP contribution in [0.5, 0.6) is 0 Å². The molecule has 0 saturated heterocycles. The average molecular weight is 615 g/mol. The molecule has 0 spiro atoms. The third-order valence-electron chi connectivity index (χ3n) is 10.8. The van der Waals surface area contributed by atoms with Crippen LogP contribution in [0.2, 0.25) is 5.02 Å². The van der Waals surface area contributed by atoms with E-state index in [4.69, 9.17) is 22.1 Å². The third kappa shape index (κ3) is 4.79. The van der Waals surface area contributed by atoms with Gasteiger partial charge in [0.15, 0.2) is 0 Å². The third-order valence-corrected chi connectivity index (χ3v) is 11.9. The summed E-state index contributed by atoms with van der Waals surface area (Å²) in [6.07, 6.45) is 3.76. The van der Waals surface area contributed by atoms with Gasteiger partial charge in [-0.05, 0) is 55.1 Å². The molecule has 2 bridgehead atoms. The number of nitrogens with zero attached hydrogens (tertiary/aromatic N) is 3. The minimum Gasteiger partial charge on any atom is -0.461 e. The number of nitrogen functional groups attached to an aromatic ring is 1. The number of carbonyl (C=O) groups excluding carboxylic acids is 3. The first kappa shape index (κ1) is 30.8. The summed E-state index contributed by atoms with van der Waals surface area (Å²) in [6, 6.07) is 6.55. The molecule has 11 heteroatoms. The Bertz CT molecular complexity index is 1430. The van der Waals surface area contributed by atoms with Crippen LogP contribution >= 0.6 is 23.4 Å². The zero-order valence-corrected chi connectivity index (χ0v) is 26.1. The molecular weight excluding hydrogens is 576 g/mol. The quantitative estimate of drug-likeness (QED) is 0.255. The number of carbonyl (C=O) groups is 3. The highest BCUT2D eigenvalue weighted by Crippen LogP contribution is 2.68. The van der Waals surface area contributed by atoms with Crippen molar-refractivity contribution in [3.05, 3.63) is 47.5 Å². The maximum absolute atomic E-state index is 13.6. The molecular formula is C31H39ClN4O5S. The van der Waals surface area contributed by atoms with Crippen LogP contribution in [0.15, 0.2) is 42.1 Å². The Labute approximate surface area is 255 Å². The van der Waals surface area contributed by atoms with Crippen molar-refractivity contribution >= 4 is 47.0 Å². The van der Waals surface area contributed by atoms with E-state index >= 15 is 0 Å². The standard InChI is InChI=1S/C31H39ClN4O5S/c1-6-29(4)15-22(30(5)17(2)11-13-31(18(3)25(29)39)14-12-21(37)24(30)31)41-23(38)16-42-28-34-27(33)36(35-28)26(40)19-9-7-8-10-20(19)32/h6-10,17-18,22,24-25,39H,1,11-16H2,2-5H3,(H2,33,34,35)/t17-,18+,22-,24+,25+,29-,30+,31+/m1/s1. The first-order valence-corrected chi connectivity index (χ1v) is 15.8. The number of halogens is 1. The van der Waals surface area contributed by atoms with Crippen molar-refractivity contribution in [3.8, 4) is 0 Å². The van der Waals surface area contributed by atoms with Gasteiger partial charge in [0, 0.05) is 23.2 Å². The SMILES string of the molecule is C=C[C@]1(C)C[C@@H](OC(=O)CSc2nc(N)n(C(=O)c3ccccc3Cl)n2)[C@]2(C)[C@H](C)CC[C@]3(CCC(=O)[C@H]32)[C@@H](C)[C@@H]1O. The lowest BCUT2D eigenvalue weighted by atomic mass is 9.44. The number of hydrogen-bond acceptors (Lipinski definition) is 9. The van der Waals surface area contributed by atoms with Gasteiger partial charge in [-0.2, -0.15) is 9.67 Å². The van der Waals surface area contributed by atoms with Gasteiger partial charge in [0.05, 0.1) is 22.4 Å². The van der Waals surface area contributed by atoms with Crippen molar-refractivity contribution < 1.29 is 24.2 Å². The molecule has 3 fully saturated rings. The van der Waals surface area contributed by atoms with Gasteiger partial charge in [-0.15, -0.1) is 11.7 Å². The fraction of sp³-hybridized carbons (Fsp3) is 0.581. The number of ether oxygens (including phenoxy) is 1. The Hall–Kier alpha value is -2.69. The maximum Gasteiger partial charge on any atom is 0.316 e. The molecule has 1 heterocycles. The first-order valence-electron chi connectivity index (χ1n) is 14.5. The molecule has 9 nitrogen and oxygen atoms in total. The zero-order chi connectivity index (χ0) is 30.6. The normalized spacial score (nSPS) is 36.0. The number of esters is 1. The van der Waals surface area contributed by atoms with Gasteiger partial charge >= 0.3 is 5.97 Å². The monoisotopic (exact) mass is 614 g/mol. The van der Waals surface area contributed by atoms with Crippen LogP contribution < -0.4 is 5.73 Å². The number of hydrogen-bond donors (Lipinski definition) is 2. The molecule has 3 saturated carbocycles. The van der Waals surface area contributed by atoms with Gasteiger partial charge in [-0.25, -0.2) is 0 Å². The van der Waals surface area contributed by atoms with Gasteiger partial charge < -0.3 is 15.6 Å². The van der Waals surface area contributed by atoms with Crippen LogP contribution in [0.3, 0.4) is 0 Å². The lowest BCUT2D eigenvalue weighted by Crippen LogP contribution is -2.63. The van der Waals surface area contributed by atoms with Crippen molar-refractivity contribution in [1.82, 2.24) is 14.8 Å². The van der Waals surface area contributed by atoms with Crippen molar-refractivity contribution in [2.75, 3.05) is 11.5 Å². The molecule has 2 aromatic rings. The van der Waals surface area contributed by atoms with Crippen LogP contribution in [0, 0.1) is 34.0 Å². The molecule has 226 valence electrons. The van der Waals surface area contributed by atoms with Gasteiger partial charge in [0.2, 0.25) is 11.1 Å².